The molecule has 0 aliphatic heterocycles. The molecule has 1 heterocycles. The van der Waals surface area contributed by atoms with E-state index in [1.165, 1.54) is 0 Å². The van der Waals surface area contributed by atoms with Gasteiger partial charge in [0.05, 0.1) is 22.5 Å². The molecule has 0 radical (unpaired) electrons. The van der Waals surface area contributed by atoms with Crippen molar-refractivity contribution in [3.05, 3.63) is 27.3 Å². The number of fused-ring (bicyclic) bond motifs is 1. The first kappa shape index (κ1) is 12.8. The van der Waals surface area contributed by atoms with Gasteiger partial charge in [-0.1, -0.05) is 11.6 Å². The van der Waals surface area contributed by atoms with Crippen LogP contribution in [0.1, 0.15) is 12.0 Å². The molecule has 92 valence electrons. The van der Waals surface area contributed by atoms with Crippen LogP contribution in [-0.2, 0) is 13.2 Å². The molecule has 0 atom stereocenters. The first-order valence-corrected chi connectivity index (χ1v) is 6.40. The van der Waals surface area contributed by atoms with E-state index >= 15 is 0 Å². The minimum Gasteiger partial charge on any atom is -0.396 e. The van der Waals surface area contributed by atoms with Crippen LogP contribution < -0.4 is 0 Å². The number of aryl methyl sites for hydroxylation is 1. The number of hydrogen-bond donors (Lipinski definition) is 2. The maximum atomic E-state index is 9.16. The summed E-state index contributed by atoms with van der Waals surface area (Å²) in [5, 5.41) is 23.7. The molecular weight excluding hydrogens is 307 g/mol. The number of rotatable bonds is 4. The van der Waals surface area contributed by atoms with E-state index in [1.807, 2.05) is 6.07 Å². The van der Waals surface area contributed by atoms with Gasteiger partial charge in [0.15, 0.2) is 0 Å². The van der Waals surface area contributed by atoms with Crippen LogP contribution >= 0.6 is 27.5 Å². The molecule has 4 nitrogen and oxygen atoms in total. The number of aliphatic hydroxyl groups excluding tert-OH is 2. The second-order valence-corrected chi connectivity index (χ2v) is 4.88. The zero-order valence-corrected chi connectivity index (χ0v) is 11.4. The molecule has 0 aliphatic carbocycles. The zero-order valence-electron chi connectivity index (χ0n) is 9.03. The molecule has 1 aromatic heterocycles. The summed E-state index contributed by atoms with van der Waals surface area (Å²) in [5.41, 5.74) is 1.61. The molecule has 2 aromatic rings. The Hall–Kier alpha value is -0.620. The topological polar surface area (TPSA) is 58.3 Å². The largest absolute Gasteiger partial charge is 0.396 e. The Balaban J connectivity index is 2.57. The lowest BCUT2D eigenvalue weighted by atomic mass is 10.2. The summed E-state index contributed by atoms with van der Waals surface area (Å²) < 4.78 is 2.46. The molecule has 0 fully saturated rings. The van der Waals surface area contributed by atoms with Crippen molar-refractivity contribution in [2.24, 2.45) is 0 Å². The molecule has 1 aromatic carbocycles. The summed E-state index contributed by atoms with van der Waals surface area (Å²) >= 11 is 9.52. The third kappa shape index (κ3) is 2.47. The molecule has 0 bridgehead atoms. The van der Waals surface area contributed by atoms with Crippen LogP contribution in [0.15, 0.2) is 16.7 Å². The van der Waals surface area contributed by atoms with E-state index in [-0.39, 0.29) is 13.2 Å². The van der Waals surface area contributed by atoms with Crippen molar-refractivity contribution in [1.29, 1.82) is 0 Å². The Kier molecular flexibility index (Phi) is 4.04. The number of aromatic nitrogens is 2. The number of halogens is 2. The summed E-state index contributed by atoms with van der Waals surface area (Å²) in [6.45, 7) is 0.675. The lowest BCUT2D eigenvalue weighted by Crippen LogP contribution is -2.02. The van der Waals surface area contributed by atoms with Crippen molar-refractivity contribution in [1.82, 2.24) is 9.78 Å². The fourth-order valence-corrected chi connectivity index (χ4v) is 2.80. The maximum Gasteiger partial charge on any atom is 0.137 e. The average Bonchev–Trinajstić information content (AvgIpc) is 2.63. The quantitative estimate of drug-likeness (QED) is 0.909. The third-order valence-corrected chi connectivity index (χ3v) is 3.39. The van der Waals surface area contributed by atoms with E-state index in [1.54, 1.807) is 10.7 Å². The number of nitrogens with zero attached hydrogens (tertiary/aromatic N) is 2. The highest BCUT2D eigenvalue weighted by Crippen LogP contribution is 2.31. The minimum atomic E-state index is -0.0571. The summed E-state index contributed by atoms with van der Waals surface area (Å²) in [5.74, 6) is 0. The molecule has 2 rings (SSSR count). The lowest BCUT2D eigenvalue weighted by Gasteiger charge is -2.04. The van der Waals surface area contributed by atoms with Gasteiger partial charge in [-0.15, -0.1) is 0 Å². The molecule has 6 heteroatoms. The number of benzene rings is 1. The normalized spacial score (nSPS) is 11.3. The van der Waals surface area contributed by atoms with Crippen molar-refractivity contribution in [3.63, 3.8) is 0 Å². The summed E-state index contributed by atoms with van der Waals surface area (Å²) in [4.78, 5) is 0. The van der Waals surface area contributed by atoms with Gasteiger partial charge in [0.25, 0.3) is 0 Å². The monoisotopic (exact) mass is 318 g/mol. The predicted molar refractivity (Wildman–Crippen MR) is 70.1 cm³/mol. The Morgan fingerprint density at radius 1 is 1.35 bits per heavy atom. The van der Waals surface area contributed by atoms with Gasteiger partial charge in [-0.3, -0.25) is 4.68 Å². The summed E-state index contributed by atoms with van der Waals surface area (Å²) in [6.07, 6.45) is 0.629. The van der Waals surface area contributed by atoms with Gasteiger partial charge in [-0.25, -0.2) is 0 Å². The Labute approximate surface area is 112 Å². The van der Waals surface area contributed by atoms with Gasteiger partial charge in [0.1, 0.15) is 4.60 Å². The molecule has 17 heavy (non-hydrogen) atoms. The second kappa shape index (κ2) is 5.35. The van der Waals surface area contributed by atoms with E-state index in [0.717, 1.165) is 16.5 Å². The first-order valence-electron chi connectivity index (χ1n) is 5.23. The van der Waals surface area contributed by atoms with E-state index < -0.39 is 0 Å². The summed E-state index contributed by atoms with van der Waals surface area (Å²) in [6, 6.07) is 3.59. The van der Waals surface area contributed by atoms with Gasteiger partial charge < -0.3 is 10.2 Å². The third-order valence-electron chi connectivity index (χ3n) is 2.53. The minimum absolute atomic E-state index is 0.0571. The van der Waals surface area contributed by atoms with Gasteiger partial charge in [0.2, 0.25) is 0 Å². The fourth-order valence-electron chi connectivity index (χ4n) is 1.75. The van der Waals surface area contributed by atoms with Crippen LogP contribution in [-0.4, -0.2) is 26.6 Å². The van der Waals surface area contributed by atoms with Crippen LogP contribution in [0.3, 0.4) is 0 Å². The maximum absolute atomic E-state index is 9.16. The average molecular weight is 320 g/mol. The highest BCUT2D eigenvalue weighted by Gasteiger charge is 2.12. The van der Waals surface area contributed by atoms with E-state index in [2.05, 4.69) is 21.0 Å². The standard InChI is InChI=1S/C11H12BrClN2O2/c12-11-10-8(13)4-7(6-17)5-9(10)15(14-11)2-1-3-16/h4-5,16-17H,1-3,6H2. The van der Waals surface area contributed by atoms with Crippen molar-refractivity contribution in [3.8, 4) is 0 Å². The molecular formula is C11H12BrClN2O2. The summed E-state index contributed by atoms with van der Waals surface area (Å²) in [7, 11) is 0. The highest BCUT2D eigenvalue weighted by molar-refractivity contribution is 9.10. The molecule has 0 amide bonds. The molecule has 0 spiro atoms. The van der Waals surface area contributed by atoms with Crippen LogP contribution in [0.25, 0.3) is 10.9 Å². The highest BCUT2D eigenvalue weighted by atomic mass is 79.9. The molecule has 2 N–H and O–H groups in total. The van der Waals surface area contributed by atoms with Crippen molar-refractivity contribution in [2.45, 2.75) is 19.6 Å². The smallest absolute Gasteiger partial charge is 0.137 e. The van der Waals surface area contributed by atoms with Crippen LogP contribution in [0, 0.1) is 0 Å². The van der Waals surface area contributed by atoms with Gasteiger partial charge in [-0.2, -0.15) is 5.10 Å². The Morgan fingerprint density at radius 2 is 2.12 bits per heavy atom. The Morgan fingerprint density at radius 3 is 2.76 bits per heavy atom. The second-order valence-electron chi connectivity index (χ2n) is 3.72. The molecule has 0 saturated carbocycles. The van der Waals surface area contributed by atoms with Crippen molar-refractivity contribution >= 4 is 38.4 Å². The van der Waals surface area contributed by atoms with Gasteiger partial charge in [-0.05, 0) is 40.0 Å². The zero-order chi connectivity index (χ0) is 12.4. The van der Waals surface area contributed by atoms with E-state index in [0.29, 0.717) is 22.6 Å². The lowest BCUT2D eigenvalue weighted by molar-refractivity contribution is 0.277. The van der Waals surface area contributed by atoms with Crippen molar-refractivity contribution in [2.75, 3.05) is 6.61 Å². The van der Waals surface area contributed by atoms with Crippen molar-refractivity contribution < 1.29 is 10.2 Å². The molecule has 0 aliphatic rings. The van der Waals surface area contributed by atoms with Crippen LogP contribution in [0.2, 0.25) is 5.02 Å². The van der Waals surface area contributed by atoms with E-state index in [9.17, 15) is 0 Å². The van der Waals surface area contributed by atoms with Gasteiger partial charge in [0, 0.05) is 13.2 Å². The van der Waals surface area contributed by atoms with Gasteiger partial charge >= 0.3 is 0 Å². The van der Waals surface area contributed by atoms with E-state index in [4.69, 9.17) is 21.8 Å². The van der Waals surface area contributed by atoms with Crippen LogP contribution in [0.5, 0.6) is 0 Å². The number of aliphatic hydroxyl groups is 2. The number of hydrogen-bond acceptors (Lipinski definition) is 3. The Bertz CT molecular complexity index is 542. The van der Waals surface area contributed by atoms with Crippen LogP contribution in [0.4, 0.5) is 0 Å². The first-order chi connectivity index (χ1) is 8.17. The molecule has 0 unspecified atom stereocenters. The fraction of sp³-hybridized carbons (Fsp3) is 0.364. The predicted octanol–water partition coefficient (Wildman–Crippen LogP) is 2.33. The SMILES string of the molecule is OCCCn1nc(Br)c2c(Cl)cc(CO)cc21. The molecule has 0 saturated heterocycles.